The first-order chi connectivity index (χ1) is 9.58. The summed E-state index contributed by atoms with van der Waals surface area (Å²) in [5.74, 6) is -0.689. The van der Waals surface area contributed by atoms with E-state index in [9.17, 15) is 8.78 Å². The van der Waals surface area contributed by atoms with Gasteiger partial charge in [0, 0.05) is 16.0 Å². The van der Waals surface area contributed by atoms with Gasteiger partial charge in [-0.25, -0.2) is 8.78 Å². The summed E-state index contributed by atoms with van der Waals surface area (Å²) in [6.07, 6.45) is 2.01. The van der Waals surface area contributed by atoms with Crippen molar-refractivity contribution < 1.29 is 14.0 Å². The fourth-order valence-corrected chi connectivity index (χ4v) is 4.36. The van der Waals surface area contributed by atoms with Gasteiger partial charge >= 0.3 is 0 Å². The Hall–Kier alpha value is -0.950. The second-order valence-corrected chi connectivity index (χ2v) is 7.11. The highest BCUT2D eigenvalue weighted by Gasteiger charge is 2.66. The van der Waals surface area contributed by atoms with Crippen molar-refractivity contribution in [1.29, 1.82) is 0 Å². The first-order valence-electron chi connectivity index (χ1n) is 5.99. The minimum absolute atomic E-state index is 0.213. The Kier molecular flexibility index (Phi) is 3.36. The van der Waals surface area contributed by atoms with Gasteiger partial charge in [-0.15, -0.1) is 16.9 Å². The van der Waals surface area contributed by atoms with Gasteiger partial charge in [-0.2, -0.15) is 0 Å². The number of aliphatic imine (C=N–C) groups is 1. The molecule has 3 rings (SSSR count). The number of thioether (sulfide) groups is 1. The van der Waals surface area contributed by atoms with Crippen LogP contribution in [-0.4, -0.2) is 28.4 Å². The SMILES string of the molecule is O/N=C/[C@]12C[C@H]1[C@@](CF)(c1cc(Br)ccc1F)N=CS2. The van der Waals surface area contributed by atoms with Gasteiger partial charge in [-0.05, 0) is 24.6 Å². The summed E-state index contributed by atoms with van der Waals surface area (Å²) in [6.45, 7) is -0.789. The molecule has 0 amide bonds. The molecule has 3 atom stereocenters. The van der Waals surface area contributed by atoms with Gasteiger partial charge in [0.15, 0.2) is 0 Å². The predicted octanol–water partition coefficient (Wildman–Crippen LogP) is 3.75. The highest BCUT2D eigenvalue weighted by atomic mass is 79.9. The Balaban J connectivity index is 2.11. The number of rotatable bonds is 3. The van der Waals surface area contributed by atoms with E-state index in [0.717, 1.165) is 0 Å². The second kappa shape index (κ2) is 4.80. The molecule has 1 N–H and O–H groups in total. The van der Waals surface area contributed by atoms with E-state index in [1.807, 2.05) is 0 Å². The molecule has 1 saturated carbocycles. The largest absolute Gasteiger partial charge is 0.411 e. The van der Waals surface area contributed by atoms with Crippen LogP contribution in [0.25, 0.3) is 0 Å². The van der Waals surface area contributed by atoms with Crippen molar-refractivity contribution >= 4 is 39.5 Å². The monoisotopic (exact) mass is 360 g/mol. The van der Waals surface area contributed by atoms with E-state index in [0.29, 0.717) is 10.9 Å². The molecule has 106 valence electrons. The second-order valence-electron chi connectivity index (χ2n) is 4.99. The average molecular weight is 361 g/mol. The minimum atomic E-state index is -1.24. The standard InChI is InChI=1S/C13H11BrF2N2OS/c14-8-1-2-10(16)9(3-8)13(5-15)11-4-12(11,6-18-19)20-7-17-13/h1-3,6-7,11,19H,4-5H2/b18-6+/t11-,12-,13-/m1/s1. The lowest BCUT2D eigenvalue weighted by Crippen LogP contribution is -2.37. The van der Waals surface area contributed by atoms with E-state index in [1.165, 1.54) is 29.6 Å². The van der Waals surface area contributed by atoms with Crippen LogP contribution in [-0.2, 0) is 5.54 Å². The molecule has 0 saturated heterocycles. The molecule has 2 aliphatic rings. The third kappa shape index (κ3) is 1.90. The fraction of sp³-hybridized carbons (Fsp3) is 0.385. The lowest BCUT2D eigenvalue weighted by molar-refractivity contribution is 0.269. The normalized spacial score (nSPS) is 35.2. The number of hydrogen-bond acceptors (Lipinski definition) is 4. The van der Waals surface area contributed by atoms with Crippen LogP contribution in [0.1, 0.15) is 12.0 Å². The molecule has 0 radical (unpaired) electrons. The molecule has 0 spiro atoms. The Morgan fingerprint density at radius 3 is 3.10 bits per heavy atom. The molecule has 1 heterocycles. The zero-order valence-corrected chi connectivity index (χ0v) is 12.7. The first kappa shape index (κ1) is 14.0. The van der Waals surface area contributed by atoms with E-state index in [-0.39, 0.29) is 11.5 Å². The molecule has 20 heavy (non-hydrogen) atoms. The molecule has 3 nitrogen and oxygen atoms in total. The summed E-state index contributed by atoms with van der Waals surface area (Å²) in [5, 5.41) is 11.8. The summed E-state index contributed by atoms with van der Waals surface area (Å²) >= 11 is 4.67. The number of alkyl halides is 1. The van der Waals surface area contributed by atoms with E-state index in [4.69, 9.17) is 5.21 Å². The maximum atomic E-state index is 14.1. The van der Waals surface area contributed by atoms with Crippen molar-refractivity contribution in [3.63, 3.8) is 0 Å². The van der Waals surface area contributed by atoms with Crippen LogP contribution >= 0.6 is 27.7 Å². The Bertz CT molecular complexity index is 612. The smallest absolute Gasteiger partial charge is 0.129 e. The summed E-state index contributed by atoms with van der Waals surface area (Å²) in [5.41, 5.74) is 0.537. The first-order valence-corrected chi connectivity index (χ1v) is 7.67. The molecule has 1 fully saturated rings. The third-order valence-electron chi connectivity index (χ3n) is 3.96. The molecule has 0 bridgehead atoms. The lowest BCUT2D eigenvalue weighted by Gasteiger charge is -2.32. The fourth-order valence-electron chi connectivity index (χ4n) is 2.83. The van der Waals surface area contributed by atoms with Crippen LogP contribution < -0.4 is 0 Å². The number of nitrogens with zero attached hydrogens (tertiary/aromatic N) is 2. The Labute approximate surface area is 127 Å². The summed E-state index contributed by atoms with van der Waals surface area (Å²) < 4.78 is 28.1. The van der Waals surface area contributed by atoms with E-state index < -0.39 is 22.8 Å². The van der Waals surface area contributed by atoms with Crippen LogP contribution in [0.4, 0.5) is 8.78 Å². The van der Waals surface area contributed by atoms with Crippen LogP contribution in [0.5, 0.6) is 0 Å². The quantitative estimate of drug-likeness (QED) is 0.506. The summed E-state index contributed by atoms with van der Waals surface area (Å²) in [7, 11) is 0. The van der Waals surface area contributed by atoms with E-state index in [1.54, 1.807) is 12.1 Å². The van der Waals surface area contributed by atoms with E-state index in [2.05, 4.69) is 26.1 Å². The highest BCUT2D eigenvalue weighted by Crippen LogP contribution is 2.64. The molecule has 7 heteroatoms. The van der Waals surface area contributed by atoms with Crippen LogP contribution in [0.15, 0.2) is 32.8 Å². The maximum absolute atomic E-state index is 14.1. The van der Waals surface area contributed by atoms with Gasteiger partial charge in [-0.3, -0.25) is 4.99 Å². The van der Waals surface area contributed by atoms with Crippen molar-refractivity contribution in [3.05, 3.63) is 34.1 Å². The molecule has 1 aliphatic heterocycles. The van der Waals surface area contributed by atoms with Gasteiger partial charge in [0.2, 0.25) is 0 Å². The molecule has 0 aromatic heterocycles. The number of halogens is 3. The van der Waals surface area contributed by atoms with Gasteiger partial charge in [-0.1, -0.05) is 15.9 Å². The lowest BCUT2D eigenvalue weighted by atomic mass is 9.85. The number of fused-ring (bicyclic) bond motifs is 1. The van der Waals surface area contributed by atoms with Crippen molar-refractivity contribution in [2.45, 2.75) is 16.7 Å². The Morgan fingerprint density at radius 2 is 2.40 bits per heavy atom. The van der Waals surface area contributed by atoms with Crippen molar-refractivity contribution in [1.82, 2.24) is 0 Å². The van der Waals surface area contributed by atoms with E-state index >= 15 is 0 Å². The molecule has 1 aromatic carbocycles. The van der Waals surface area contributed by atoms with Crippen LogP contribution in [0.2, 0.25) is 0 Å². The summed E-state index contributed by atoms with van der Waals surface area (Å²) in [6, 6.07) is 4.45. The third-order valence-corrected chi connectivity index (χ3v) is 5.66. The Morgan fingerprint density at radius 1 is 1.60 bits per heavy atom. The van der Waals surface area contributed by atoms with Crippen LogP contribution in [0, 0.1) is 11.7 Å². The molecule has 1 aromatic rings. The molecule has 1 aliphatic carbocycles. The van der Waals surface area contributed by atoms with Crippen LogP contribution in [0.3, 0.4) is 0 Å². The van der Waals surface area contributed by atoms with Crippen molar-refractivity contribution in [3.8, 4) is 0 Å². The average Bonchev–Trinajstić information content (AvgIpc) is 3.16. The van der Waals surface area contributed by atoms with Gasteiger partial charge in [0.05, 0.1) is 16.5 Å². The van der Waals surface area contributed by atoms with Gasteiger partial charge in [0.1, 0.15) is 18.0 Å². The molecular weight excluding hydrogens is 350 g/mol. The summed E-state index contributed by atoms with van der Waals surface area (Å²) in [4.78, 5) is 4.26. The molecular formula is C13H11BrF2N2OS. The number of hydrogen-bond donors (Lipinski definition) is 1. The van der Waals surface area contributed by atoms with Crippen molar-refractivity contribution in [2.75, 3.05) is 6.67 Å². The minimum Gasteiger partial charge on any atom is -0.411 e. The predicted molar refractivity (Wildman–Crippen MR) is 79.0 cm³/mol. The zero-order valence-electron chi connectivity index (χ0n) is 10.3. The number of benzene rings is 1. The number of oxime groups is 1. The molecule has 0 unspecified atom stereocenters. The highest BCUT2D eigenvalue weighted by molar-refractivity contribution is 9.10. The topological polar surface area (TPSA) is 45.0 Å². The zero-order chi connectivity index (χ0) is 14.4. The van der Waals surface area contributed by atoms with Crippen molar-refractivity contribution in [2.24, 2.45) is 16.1 Å². The maximum Gasteiger partial charge on any atom is 0.129 e. The van der Waals surface area contributed by atoms with Gasteiger partial charge < -0.3 is 5.21 Å². The van der Waals surface area contributed by atoms with Gasteiger partial charge in [0.25, 0.3) is 0 Å².